The summed E-state index contributed by atoms with van der Waals surface area (Å²) in [6.07, 6.45) is 1.39. The monoisotopic (exact) mass is 683 g/mol. The van der Waals surface area contributed by atoms with Gasteiger partial charge in [-0.1, -0.05) is 87.7 Å². The molecular weight excluding hydrogens is 669 g/mol. The van der Waals surface area contributed by atoms with Crippen molar-refractivity contribution in [2.75, 3.05) is 0 Å². The molecule has 0 aliphatic carbocycles. The number of hydrogen-bond acceptors (Lipinski definition) is 4. The number of amides is 1. The highest BCUT2D eigenvalue weighted by Crippen LogP contribution is 2.34. The normalized spacial score (nSPS) is 11.2. The van der Waals surface area contributed by atoms with Gasteiger partial charge >= 0.3 is 5.97 Å². The van der Waals surface area contributed by atoms with Gasteiger partial charge in [0.25, 0.3) is 5.91 Å². The number of halogens is 4. The van der Waals surface area contributed by atoms with Crippen LogP contribution in [0.1, 0.15) is 26.4 Å². The largest absolute Gasteiger partial charge is 0.421 e. The minimum Gasteiger partial charge on any atom is -0.421 e. The molecule has 2 N–H and O–H groups in total. The Balaban J connectivity index is 1.43. The standard InChI is InChI=1S/C29H17Br2Cl2N3O3/c30-18-12-17(27(22(31)13-18)39-29(38)20-11-10-19(32)14-23(20)33)15-34-36-28(37)26-25(16-6-2-1-3-7-16)21-8-4-5-9-24(21)35-26/h1-15,35H,(H,36,37). The number of H-pyrrole nitrogens is 1. The molecule has 5 rings (SSSR count). The van der Waals surface area contributed by atoms with Gasteiger partial charge in [-0.15, -0.1) is 0 Å². The van der Waals surface area contributed by atoms with Gasteiger partial charge in [-0.05, 0) is 57.9 Å². The van der Waals surface area contributed by atoms with E-state index in [4.69, 9.17) is 27.9 Å². The lowest BCUT2D eigenvalue weighted by Gasteiger charge is -2.11. The third kappa shape index (κ3) is 5.94. The molecule has 0 saturated carbocycles. The lowest BCUT2D eigenvalue weighted by molar-refractivity contribution is 0.0733. The molecule has 0 aliphatic heterocycles. The van der Waals surface area contributed by atoms with Gasteiger partial charge in [0.05, 0.1) is 21.3 Å². The first-order valence-corrected chi connectivity index (χ1v) is 13.8. The number of para-hydroxylation sites is 1. The molecule has 0 bridgehead atoms. The van der Waals surface area contributed by atoms with E-state index in [2.05, 4.69) is 47.4 Å². The molecule has 194 valence electrons. The maximum atomic E-state index is 13.3. The average Bonchev–Trinajstić information content (AvgIpc) is 3.30. The maximum absolute atomic E-state index is 13.3. The molecule has 0 spiro atoms. The van der Waals surface area contributed by atoms with Crippen molar-refractivity contribution < 1.29 is 14.3 Å². The summed E-state index contributed by atoms with van der Waals surface area (Å²) >= 11 is 19.0. The zero-order chi connectivity index (χ0) is 27.5. The average molecular weight is 686 g/mol. The van der Waals surface area contributed by atoms with Crippen molar-refractivity contribution in [2.45, 2.75) is 0 Å². The lowest BCUT2D eigenvalue weighted by Crippen LogP contribution is -2.19. The number of carbonyl (C=O) groups is 2. The van der Waals surface area contributed by atoms with Gasteiger partial charge in [0.15, 0.2) is 5.75 Å². The minimum atomic E-state index is -0.677. The Bertz CT molecular complexity index is 1750. The Kier molecular flexibility index (Phi) is 8.18. The second-order valence-electron chi connectivity index (χ2n) is 8.31. The molecule has 5 aromatic rings. The van der Waals surface area contributed by atoms with Crippen LogP contribution in [-0.4, -0.2) is 23.1 Å². The van der Waals surface area contributed by atoms with E-state index in [1.165, 1.54) is 18.3 Å². The molecule has 0 aliphatic rings. The summed E-state index contributed by atoms with van der Waals surface area (Å²) in [4.78, 5) is 29.3. The van der Waals surface area contributed by atoms with Crippen LogP contribution in [0.25, 0.3) is 22.0 Å². The van der Waals surface area contributed by atoms with Crippen LogP contribution < -0.4 is 10.2 Å². The third-order valence-corrected chi connectivity index (χ3v) is 7.34. The Morgan fingerprint density at radius 1 is 0.923 bits per heavy atom. The molecule has 1 aromatic heterocycles. The number of benzene rings is 4. The van der Waals surface area contributed by atoms with E-state index in [0.29, 0.717) is 25.2 Å². The molecule has 6 nitrogen and oxygen atoms in total. The van der Waals surface area contributed by atoms with E-state index < -0.39 is 11.9 Å². The smallest absolute Gasteiger partial charge is 0.345 e. The van der Waals surface area contributed by atoms with Crippen molar-refractivity contribution in [1.29, 1.82) is 0 Å². The second-order valence-corrected chi connectivity index (χ2v) is 10.9. The van der Waals surface area contributed by atoms with Crippen LogP contribution in [0.4, 0.5) is 0 Å². The van der Waals surface area contributed by atoms with Crippen LogP contribution in [0.3, 0.4) is 0 Å². The highest BCUT2D eigenvalue weighted by molar-refractivity contribution is 9.11. The van der Waals surface area contributed by atoms with Gasteiger partial charge in [0.1, 0.15) is 5.69 Å². The first-order valence-electron chi connectivity index (χ1n) is 11.5. The summed E-state index contributed by atoms with van der Waals surface area (Å²) in [5.74, 6) is -0.909. The third-order valence-electron chi connectivity index (χ3n) is 5.75. The summed E-state index contributed by atoms with van der Waals surface area (Å²) in [6, 6.07) is 25.3. The van der Waals surface area contributed by atoms with E-state index in [-0.39, 0.29) is 16.3 Å². The Hall–Kier alpha value is -3.43. The fourth-order valence-corrected chi connectivity index (χ4v) is 5.84. The van der Waals surface area contributed by atoms with E-state index in [0.717, 1.165) is 22.0 Å². The van der Waals surface area contributed by atoms with Crippen molar-refractivity contribution >= 4 is 84.1 Å². The molecule has 0 atom stereocenters. The number of nitrogens with one attached hydrogen (secondary N) is 2. The number of rotatable bonds is 6. The number of hydrogen-bond donors (Lipinski definition) is 2. The summed E-state index contributed by atoms with van der Waals surface area (Å²) in [5, 5.41) is 5.64. The van der Waals surface area contributed by atoms with E-state index >= 15 is 0 Å². The van der Waals surface area contributed by atoms with Gasteiger partial charge < -0.3 is 9.72 Å². The minimum absolute atomic E-state index is 0.152. The molecule has 0 fully saturated rings. The number of nitrogens with zero attached hydrogens (tertiary/aromatic N) is 1. The van der Waals surface area contributed by atoms with Crippen LogP contribution in [0, 0.1) is 0 Å². The first-order chi connectivity index (χ1) is 18.8. The van der Waals surface area contributed by atoms with Crippen LogP contribution >= 0.6 is 55.1 Å². The van der Waals surface area contributed by atoms with Crippen molar-refractivity contribution in [2.24, 2.45) is 5.10 Å². The zero-order valence-corrected chi connectivity index (χ0v) is 24.5. The molecule has 1 heterocycles. The van der Waals surface area contributed by atoms with Crippen molar-refractivity contribution in [1.82, 2.24) is 10.4 Å². The molecule has 39 heavy (non-hydrogen) atoms. The second kappa shape index (κ2) is 11.8. The summed E-state index contributed by atoms with van der Waals surface area (Å²) in [5.41, 5.74) is 6.03. The van der Waals surface area contributed by atoms with Crippen LogP contribution in [-0.2, 0) is 0 Å². The van der Waals surface area contributed by atoms with Crippen molar-refractivity contribution in [3.05, 3.63) is 121 Å². The molecule has 10 heteroatoms. The predicted octanol–water partition coefficient (Wildman–Crippen LogP) is 8.65. The van der Waals surface area contributed by atoms with E-state index in [1.807, 2.05) is 54.6 Å². The van der Waals surface area contributed by atoms with Gasteiger partial charge in [0.2, 0.25) is 0 Å². The molecule has 0 unspecified atom stereocenters. The maximum Gasteiger partial charge on any atom is 0.345 e. The fourth-order valence-electron chi connectivity index (χ4n) is 4.02. The van der Waals surface area contributed by atoms with Crippen LogP contribution in [0.5, 0.6) is 5.75 Å². The summed E-state index contributed by atoms with van der Waals surface area (Å²) < 4.78 is 6.85. The SMILES string of the molecule is O=C(Oc1c(Br)cc(Br)cc1C=NNC(=O)c1[nH]c2ccccc2c1-c1ccccc1)c1ccc(Cl)cc1Cl. The number of fused-ring (bicyclic) bond motifs is 1. The molecule has 0 saturated heterocycles. The Morgan fingerprint density at radius 2 is 1.67 bits per heavy atom. The number of ether oxygens (including phenoxy) is 1. The number of carbonyl (C=O) groups excluding carboxylic acids is 2. The number of esters is 1. The summed E-state index contributed by atoms with van der Waals surface area (Å²) in [7, 11) is 0. The molecular formula is C29H17Br2Cl2N3O3. The van der Waals surface area contributed by atoms with Crippen LogP contribution in [0.15, 0.2) is 99.0 Å². The quantitative estimate of drug-likeness (QED) is 0.0812. The molecule has 0 radical (unpaired) electrons. The Morgan fingerprint density at radius 3 is 2.44 bits per heavy atom. The van der Waals surface area contributed by atoms with Gasteiger partial charge in [-0.25, -0.2) is 10.2 Å². The highest BCUT2D eigenvalue weighted by atomic mass is 79.9. The first kappa shape index (κ1) is 27.1. The Labute approximate surface area is 250 Å². The summed E-state index contributed by atoms with van der Waals surface area (Å²) in [6.45, 7) is 0. The number of aromatic amines is 1. The van der Waals surface area contributed by atoms with E-state index in [9.17, 15) is 9.59 Å². The highest BCUT2D eigenvalue weighted by Gasteiger charge is 2.20. The molecule has 1 amide bonds. The van der Waals surface area contributed by atoms with Gasteiger partial charge in [-0.3, -0.25) is 4.79 Å². The zero-order valence-electron chi connectivity index (χ0n) is 19.8. The number of hydrazone groups is 1. The van der Waals surface area contributed by atoms with Crippen molar-refractivity contribution in [3.63, 3.8) is 0 Å². The van der Waals surface area contributed by atoms with Gasteiger partial charge in [-0.2, -0.15) is 5.10 Å². The van der Waals surface area contributed by atoms with E-state index in [1.54, 1.807) is 18.2 Å². The lowest BCUT2D eigenvalue weighted by atomic mass is 10.0. The molecule has 4 aromatic carbocycles. The predicted molar refractivity (Wildman–Crippen MR) is 162 cm³/mol. The topological polar surface area (TPSA) is 83.5 Å². The van der Waals surface area contributed by atoms with Crippen molar-refractivity contribution in [3.8, 4) is 16.9 Å². The fraction of sp³-hybridized carbons (Fsp3) is 0. The number of aromatic nitrogens is 1. The van der Waals surface area contributed by atoms with Gasteiger partial charge in [0, 0.05) is 31.5 Å². The van der Waals surface area contributed by atoms with Crippen LogP contribution in [0.2, 0.25) is 10.0 Å².